The summed E-state index contributed by atoms with van der Waals surface area (Å²) in [5.74, 6) is 0.856. The van der Waals surface area contributed by atoms with E-state index in [1.165, 1.54) is 6.33 Å². The Morgan fingerprint density at radius 3 is 2.85 bits per heavy atom. The predicted octanol–water partition coefficient (Wildman–Crippen LogP) is 4.15. The molecule has 2 N–H and O–H groups in total. The molecule has 20 heavy (non-hydrogen) atoms. The number of halogens is 1. The van der Waals surface area contributed by atoms with E-state index >= 15 is 0 Å². The summed E-state index contributed by atoms with van der Waals surface area (Å²) in [5.41, 5.74) is 2.52. The van der Waals surface area contributed by atoms with E-state index in [4.69, 9.17) is 0 Å². The van der Waals surface area contributed by atoms with Crippen molar-refractivity contribution in [1.29, 1.82) is 0 Å². The number of aromatic hydroxyl groups is 1. The summed E-state index contributed by atoms with van der Waals surface area (Å²) in [6, 6.07) is 11.2. The molecule has 5 heteroatoms. The van der Waals surface area contributed by atoms with Crippen LogP contribution in [0.1, 0.15) is 5.56 Å². The summed E-state index contributed by atoms with van der Waals surface area (Å²) in [6.45, 7) is 1.97. The number of nitrogens with one attached hydrogen (secondary N) is 1. The summed E-state index contributed by atoms with van der Waals surface area (Å²) in [5, 5.41) is 14.0. The van der Waals surface area contributed by atoms with Gasteiger partial charge in [0.15, 0.2) is 0 Å². The van der Waals surface area contributed by atoms with Gasteiger partial charge in [0.05, 0.1) is 11.2 Å². The molecule has 0 aliphatic heterocycles. The summed E-state index contributed by atoms with van der Waals surface area (Å²) in [6.07, 6.45) is 1.50. The molecule has 0 atom stereocenters. The SMILES string of the molecule is Cc1ccc(O)c(Nc2ncnc3c(Br)cccc23)c1. The molecular formula is C15H12BrN3O. The van der Waals surface area contributed by atoms with Crippen molar-refractivity contribution in [3.63, 3.8) is 0 Å². The monoisotopic (exact) mass is 329 g/mol. The number of para-hydroxylation sites is 1. The summed E-state index contributed by atoms with van der Waals surface area (Å²) < 4.78 is 0.911. The van der Waals surface area contributed by atoms with Crippen LogP contribution in [0.3, 0.4) is 0 Å². The van der Waals surface area contributed by atoms with E-state index < -0.39 is 0 Å². The third-order valence-electron chi connectivity index (χ3n) is 3.02. The van der Waals surface area contributed by atoms with Crippen LogP contribution in [-0.4, -0.2) is 15.1 Å². The quantitative estimate of drug-likeness (QED) is 0.693. The summed E-state index contributed by atoms with van der Waals surface area (Å²) >= 11 is 3.48. The minimum atomic E-state index is 0.192. The molecule has 0 saturated carbocycles. The number of phenolic OH excluding ortho intramolecular Hbond substituents is 1. The highest BCUT2D eigenvalue weighted by molar-refractivity contribution is 9.10. The van der Waals surface area contributed by atoms with Crippen molar-refractivity contribution in [3.8, 4) is 5.75 Å². The Morgan fingerprint density at radius 2 is 2.00 bits per heavy atom. The maximum absolute atomic E-state index is 9.91. The van der Waals surface area contributed by atoms with Crippen molar-refractivity contribution in [1.82, 2.24) is 9.97 Å². The van der Waals surface area contributed by atoms with E-state index in [1.54, 1.807) is 6.07 Å². The van der Waals surface area contributed by atoms with E-state index in [0.29, 0.717) is 11.5 Å². The van der Waals surface area contributed by atoms with Crippen LogP contribution in [0, 0.1) is 6.92 Å². The maximum atomic E-state index is 9.91. The molecule has 0 saturated heterocycles. The maximum Gasteiger partial charge on any atom is 0.141 e. The van der Waals surface area contributed by atoms with Crippen LogP contribution in [-0.2, 0) is 0 Å². The van der Waals surface area contributed by atoms with E-state index in [0.717, 1.165) is 20.9 Å². The zero-order chi connectivity index (χ0) is 14.1. The first-order chi connectivity index (χ1) is 9.65. The van der Waals surface area contributed by atoms with Crippen LogP contribution >= 0.6 is 15.9 Å². The molecule has 4 nitrogen and oxygen atoms in total. The van der Waals surface area contributed by atoms with Crippen LogP contribution in [0.4, 0.5) is 11.5 Å². The van der Waals surface area contributed by atoms with Gasteiger partial charge in [0, 0.05) is 9.86 Å². The van der Waals surface area contributed by atoms with Crippen LogP contribution in [0.2, 0.25) is 0 Å². The zero-order valence-electron chi connectivity index (χ0n) is 10.8. The molecule has 1 aromatic heterocycles. The third kappa shape index (κ3) is 2.32. The van der Waals surface area contributed by atoms with Gasteiger partial charge in [-0.15, -0.1) is 0 Å². The molecule has 1 heterocycles. The molecule has 0 aliphatic carbocycles. The molecule has 3 aromatic rings. The van der Waals surface area contributed by atoms with Gasteiger partial charge in [-0.05, 0) is 52.7 Å². The van der Waals surface area contributed by atoms with Gasteiger partial charge in [0.2, 0.25) is 0 Å². The molecule has 0 fully saturated rings. The fourth-order valence-electron chi connectivity index (χ4n) is 2.03. The van der Waals surface area contributed by atoms with Gasteiger partial charge >= 0.3 is 0 Å². The molecule has 0 radical (unpaired) electrons. The molecule has 3 rings (SSSR count). The van der Waals surface area contributed by atoms with E-state index in [-0.39, 0.29) is 5.75 Å². The van der Waals surface area contributed by atoms with Crippen molar-refractivity contribution in [2.75, 3.05) is 5.32 Å². The Labute approximate surface area is 124 Å². The summed E-state index contributed by atoms with van der Waals surface area (Å²) in [7, 11) is 0. The minimum absolute atomic E-state index is 0.192. The predicted molar refractivity (Wildman–Crippen MR) is 83.4 cm³/mol. The molecule has 0 spiro atoms. The van der Waals surface area contributed by atoms with Gasteiger partial charge in [-0.1, -0.05) is 12.1 Å². The van der Waals surface area contributed by atoms with Crippen molar-refractivity contribution in [2.24, 2.45) is 0 Å². The highest BCUT2D eigenvalue weighted by Crippen LogP contribution is 2.31. The first kappa shape index (κ1) is 12.9. The number of aryl methyl sites for hydroxylation is 1. The fraction of sp³-hybridized carbons (Fsp3) is 0.0667. The van der Waals surface area contributed by atoms with Crippen molar-refractivity contribution in [3.05, 3.63) is 52.8 Å². The van der Waals surface area contributed by atoms with E-state index in [9.17, 15) is 5.11 Å². The standard InChI is InChI=1S/C15H12BrN3O/c1-9-5-6-13(20)12(7-9)19-15-10-3-2-4-11(16)14(10)17-8-18-15/h2-8,20H,1H3,(H,17,18,19). The van der Waals surface area contributed by atoms with Gasteiger partial charge < -0.3 is 10.4 Å². The van der Waals surface area contributed by atoms with Gasteiger partial charge in [0.25, 0.3) is 0 Å². The van der Waals surface area contributed by atoms with Crippen LogP contribution in [0.15, 0.2) is 47.2 Å². The third-order valence-corrected chi connectivity index (χ3v) is 3.66. The second-order valence-electron chi connectivity index (χ2n) is 4.50. The second-order valence-corrected chi connectivity index (χ2v) is 5.36. The number of nitrogens with zero attached hydrogens (tertiary/aromatic N) is 2. The average molecular weight is 330 g/mol. The van der Waals surface area contributed by atoms with E-state index in [1.807, 2.05) is 37.3 Å². The molecule has 0 aliphatic rings. The van der Waals surface area contributed by atoms with Crippen LogP contribution < -0.4 is 5.32 Å². The number of aromatic nitrogens is 2. The molecular weight excluding hydrogens is 318 g/mol. The lowest BCUT2D eigenvalue weighted by atomic mass is 10.2. The normalized spacial score (nSPS) is 10.7. The molecule has 0 amide bonds. The molecule has 0 bridgehead atoms. The highest BCUT2D eigenvalue weighted by atomic mass is 79.9. The Morgan fingerprint density at radius 1 is 1.15 bits per heavy atom. The second kappa shape index (κ2) is 5.09. The number of hydrogen-bond donors (Lipinski definition) is 2. The number of fused-ring (bicyclic) bond motifs is 1. The molecule has 2 aromatic carbocycles. The van der Waals surface area contributed by atoms with Gasteiger partial charge in [-0.2, -0.15) is 0 Å². The molecule has 0 unspecified atom stereocenters. The number of hydrogen-bond acceptors (Lipinski definition) is 4. The first-order valence-corrected chi connectivity index (χ1v) is 6.90. The lowest BCUT2D eigenvalue weighted by molar-refractivity contribution is 0.477. The lowest BCUT2D eigenvalue weighted by Crippen LogP contribution is -1.97. The Kier molecular flexibility index (Phi) is 3.28. The zero-order valence-corrected chi connectivity index (χ0v) is 12.3. The van der Waals surface area contributed by atoms with E-state index in [2.05, 4.69) is 31.2 Å². The number of benzene rings is 2. The topological polar surface area (TPSA) is 58.0 Å². The smallest absolute Gasteiger partial charge is 0.141 e. The average Bonchev–Trinajstić information content (AvgIpc) is 2.44. The van der Waals surface area contributed by atoms with Gasteiger partial charge in [0.1, 0.15) is 17.9 Å². The Hall–Kier alpha value is -2.14. The van der Waals surface area contributed by atoms with Gasteiger partial charge in [-0.3, -0.25) is 0 Å². The van der Waals surface area contributed by atoms with Crippen molar-refractivity contribution >= 4 is 38.3 Å². The van der Waals surface area contributed by atoms with Crippen molar-refractivity contribution in [2.45, 2.75) is 6.92 Å². The fourth-order valence-corrected chi connectivity index (χ4v) is 2.50. The number of rotatable bonds is 2. The van der Waals surface area contributed by atoms with Gasteiger partial charge in [-0.25, -0.2) is 9.97 Å². The minimum Gasteiger partial charge on any atom is -0.506 e. The highest BCUT2D eigenvalue weighted by Gasteiger charge is 2.08. The number of anilines is 2. The van der Waals surface area contributed by atoms with Crippen molar-refractivity contribution < 1.29 is 5.11 Å². The molecule has 100 valence electrons. The Balaban J connectivity index is 2.11. The Bertz CT molecular complexity index is 789. The number of phenols is 1. The lowest BCUT2D eigenvalue weighted by Gasteiger charge is -2.11. The summed E-state index contributed by atoms with van der Waals surface area (Å²) in [4.78, 5) is 8.52. The van der Waals surface area contributed by atoms with Crippen LogP contribution in [0.25, 0.3) is 10.9 Å². The first-order valence-electron chi connectivity index (χ1n) is 6.11. The van der Waals surface area contributed by atoms with Crippen LogP contribution in [0.5, 0.6) is 5.75 Å². The largest absolute Gasteiger partial charge is 0.506 e.